The van der Waals surface area contributed by atoms with Crippen LogP contribution in [0.4, 0.5) is 4.39 Å². The number of methoxy groups -OCH3 is 1. The second kappa shape index (κ2) is 5.80. The Kier molecular flexibility index (Phi) is 4.12. The molecule has 0 radical (unpaired) electrons. The fourth-order valence-electron chi connectivity index (χ4n) is 2.01. The van der Waals surface area contributed by atoms with Crippen molar-refractivity contribution in [3.8, 4) is 5.75 Å². The van der Waals surface area contributed by atoms with Crippen LogP contribution in [0.1, 0.15) is 30.1 Å². The highest BCUT2D eigenvalue weighted by molar-refractivity contribution is 5.32. The van der Waals surface area contributed by atoms with Crippen molar-refractivity contribution in [2.75, 3.05) is 7.11 Å². The molecule has 0 bridgehead atoms. The number of hydrogen-bond acceptors (Lipinski definition) is 3. The Hall–Kier alpha value is -1.94. The minimum Gasteiger partial charge on any atom is -0.494 e. The molecule has 0 aliphatic carbocycles. The van der Waals surface area contributed by atoms with Crippen LogP contribution in [0.25, 0.3) is 0 Å². The van der Waals surface area contributed by atoms with Crippen LogP contribution in [0.15, 0.2) is 42.6 Å². The zero-order valence-corrected chi connectivity index (χ0v) is 11.0. The number of aromatic nitrogens is 1. The largest absolute Gasteiger partial charge is 0.494 e. The molecule has 0 saturated heterocycles. The lowest BCUT2D eigenvalue weighted by Crippen LogP contribution is -2.18. The minimum absolute atomic E-state index is 0.00833. The molecule has 0 saturated carbocycles. The quantitative estimate of drug-likeness (QED) is 0.919. The Morgan fingerprint density at radius 1 is 1.26 bits per heavy atom. The molecule has 1 heterocycles. The van der Waals surface area contributed by atoms with Crippen molar-refractivity contribution >= 4 is 0 Å². The molecule has 0 fully saturated rings. The summed E-state index contributed by atoms with van der Waals surface area (Å²) < 4.78 is 18.6. The first kappa shape index (κ1) is 13.5. The van der Waals surface area contributed by atoms with Gasteiger partial charge in [-0.25, -0.2) is 4.39 Å². The third-order valence-corrected chi connectivity index (χ3v) is 3.25. The van der Waals surface area contributed by atoms with E-state index in [1.165, 1.54) is 13.2 Å². The van der Waals surface area contributed by atoms with E-state index < -0.39 is 5.82 Å². The standard InChI is InChI=1S/C15H17FN2O/c1-10(13-5-3-4-8-18-13)15(17)11-6-7-14(19-2)12(16)9-11/h3-10,15H,17H2,1-2H3. The summed E-state index contributed by atoms with van der Waals surface area (Å²) in [5.41, 5.74) is 7.81. The highest BCUT2D eigenvalue weighted by atomic mass is 19.1. The summed E-state index contributed by atoms with van der Waals surface area (Å²) in [6.45, 7) is 1.98. The van der Waals surface area contributed by atoms with Crippen LogP contribution < -0.4 is 10.5 Å². The molecule has 4 heteroatoms. The summed E-state index contributed by atoms with van der Waals surface area (Å²) in [5.74, 6) is -0.167. The van der Waals surface area contributed by atoms with Crippen LogP contribution in [0, 0.1) is 5.82 Å². The highest BCUT2D eigenvalue weighted by Crippen LogP contribution is 2.29. The first-order valence-electron chi connectivity index (χ1n) is 6.13. The van der Waals surface area contributed by atoms with Crippen molar-refractivity contribution in [3.05, 3.63) is 59.7 Å². The number of nitrogens with zero attached hydrogens (tertiary/aromatic N) is 1. The van der Waals surface area contributed by atoms with Crippen molar-refractivity contribution in [1.29, 1.82) is 0 Å². The summed E-state index contributed by atoms with van der Waals surface area (Å²) in [6.07, 6.45) is 1.73. The molecule has 100 valence electrons. The van der Waals surface area contributed by atoms with Gasteiger partial charge in [-0.1, -0.05) is 19.1 Å². The van der Waals surface area contributed by atoms with Crippen LogP contribution in [0.3, 0.4) is 0 Å². The van der Waals surface area contributed by atoms with Crippen molar-refractivity contribution in [3.63, 3.8) is 0 Å². The van der Waals surface area contributed by atoms with E-state index in [2.05, 4.69) is 4.98 Å². The third-order valence-electron chi connectivity index (χ3n) is 3.25. The van der Waals surface area contributed by atoms with E-state index in [9.17, 15) is 4.39 Å². The molecule has 0 aliphatic rings. The summed E-state index contributed by atoms with van der Waals surface area (Å²) in [5, 5.41) is 0. The average molecular weight is 260 g/mol. The first-order chi connectivity index (χ1) is 9.13. The predicted molar refractivity (Wildman–Crippen MR) is 72.5 cm³/mol. The molecular weight excluding hydrogens is 243 g/mol. The van der Waals surface area contributed by atoms with Gasteiger partial charge in [-0.15, -0.1) is 0 Å². The Morgan fingerprint density at radius 2 is 2.05 bits per heavy atom. The van der Waals surface area contributed by atoms with E-state index >= 15 is 0 Å². The van der Waals surface area contributed by atoms with Gasteiger partial charge in [-0.3, -0.25) is 4.98 Å². The molecule has 2 unspecified atom stereocenters. The van der Waals surface area contributed by atoms with Crippen molar-refractivity contribution in [2.24, 2.45) is 5.73 Å². The molecule has 2 rings (SSSR count). The number of pyridine rings is 1. The van der Waals surface area contributed by atoms with Gasteiger partial charge in [0, 0.05) is 23.9 Å². The van der Waals surface area contributed by atoms with E-state index in [0.717, 1.165) is 11.3 Å². The van der Waals surface area contributed by atoms with E-state index in [1.807, 2.05) is 25.1 Å². The molecule has 19 heavy (non-hydrogen) atoms. The maximum Gasteiger partial charge on any atom is 0.165 e. The van der Waals surface area contributed by atoms with E-state index in [-0.39, 0.29) is 17.7 Å². The van der Waals surface area contributed by atoms with Crippen molar-refractivity contribution in [1.82, 2.24) is 4.98 Å². The molecule has 0 amide bonds. The molecule has 2 N–H and O–H groups in total. The van der Waals surface area contributed by atoms with Crippen LogP contribution in [0.2, 0.25) is 0 Å². The van der Waals surface area contributed by atoms with E-state index in [4.69, 9.17) is 10.5 Å². The van der Waals surface area contributed by atoms with Crippen LogP contribution >= 0.6 is 0 Å². The lowest BCUT2D eigenvalue weighted by Gasteiger charge is -2.20. The number of halogens is 1. The SMILES string of the molecule is COc1ccc(C(N)C(C)c2ccccn2)cc1F. The summed E-state index contributed by atoms with van der Waals surface area (Å²) >= 11 is 0. The topological polar surface area (TPSA) is 48.1 Å². The Balaban J connectivity index is 2.24. The highest BCUT2D eigenvalue weighted by Gasteiger charge is 2.19. The third kappa shape index (κ3) is 2.90. The summed E-state index contributed by atoms with van der Waals surface area (Å²) in [4.78, 5) is 4.28. The monoisotopic (exact) mass is 260 g/mol. The van der Waals surface area contributed by atoms with Gasteiger partial charge in [-0.05, 0) is 29.8 Å². The second-order valence-electron chi connectivity index (χ2n) is 4.46. The Labute approximate surface area is 112 Å². The van der Waals surface area contributed by atoms with Gasteiger partial charge in [0.15, 0.2) is 11.6 Å². The number of nitrogens with two attached hydrogens (primary N) is 1. The van der Waals surface area contributed by atoms with E-state index in [0.29, 0.717) is 0 Å². The number of rotatable bonds is 4. The normalized spacial score (nSPS) is 13.9. The van der Waals surface area contributed by atoms with Gasteiger partial charge in [-0.2, -0.15) is 0 Å². The molecule has 3 nitrogen and oxygen atoms in total. The number of benzene rings is 1. The maximum atomic E-state index is 13.7. The molecule has 2 aromatic rings. The molecular formula is C15H17FN2O. The molecule has 0 spiro atoms. The average Bonchev–Trinajstić information content (AvgIpc) is 2.46. The number of ether oxygens (including phenoxy) is 1. The Morgan fingerprint density at radius 3 is 2.63 bits per heavy atom. The molecule has 2 atom stereocenters. The van der Waals surface area contributed by atoms with Crippen LogP contribution in [-0.4, -0.2) is 12.1 Å². The van der Waals surface area contributed by atoms with Gasteiger partial charge in [0.1, 0.15) is 0 Å². The lowest BCUT2D eigenvalue weighted by atomic mass is 9.92. The maximum absolute atomic E-state index is 13.7. The fraction of sp³-hybridized carbons (Fsp3) is 0.267. The fourth-order valence-corrected chi connectivity index (χ4v) is 2.01. The zero-order chi connectivity index (χ0) is 13.8. The van der Waals surface area contributed by atoms with E-state index in [1.54, 1.807) is 18.3 Å². The smallest absolute Gasteiger partial charge is 0.165 e. The summed E-state index contributed by atoms with van der Waals surface area (Å²) in [6, 6.07) is 10.2. The Bertz CT molecular complexity index is 545. The van der Waals surface area contributed by atoms with Crippen LogP contribution in [0.5, 0.6) is 5.75 Å². The lowest BCUT2D eigenvalue weighted by molar-refractivity contribution is 0.385. The van der Waals surface area contributed by atoms with Gasteiger partial charge < -0.3 is 10.5 Å². The van der Waals surface area contributed by atoms with Crippen molar-refractivity contribution < 1.29 is 9.13 Å². The zero-order valence-electron chi connectivity index (χ0n) is 11.0. The molecule has 1 aromatic carbocycles. The summed E-state index contributed by atoms with van der Waals surface area (Å²) in [7, 11) is 1.44. The van der Waals surface area contributed by atoms with Crippen LogP contribution in [-0.2, 0) is 0 Å². The predicted octanol–water partition coefficient (Wildman–Crippen LogP) is 3.03. The second-order valence-corrected chi connectivity index (χ2v) is 4.46. The van der Waals surface area contributed by atoms with Gasteiger partial charge in [0.2, 0.25) is 0 Å². The number of hydrogen-bond donors (Lipinski definition) is 1. The minimum atomic E-state index is -0.399. The first-order valence-corrected chi connectivity index (χ1v) is 6.13. The van der Waals surface area contributed by atoms with Gasteiger partial charge >= 0.3 is 0 Å². The molecule has 0 aliphatic heterocycles. The van der Waals surface area contributed by atoms with Gasteiger partial charge in [0.25, 0.3) is 0 Å². The van der Waals surface area contributed by atoms with Gasteiger partial charge in [0.05, 0.1) is 7.11 Å². The molecule has 1 aromatic heterocycles. The van der Waals surface area contributed by atoms with Crippen molar-refractivity contribution in [2.45, 2.75) is 18.9 Å².